The highest BCUT2D eigenvalue weighted by atomic mass is 32.2. The van der Waals surface area contributed by atoms with Gasteiger partial charge in [0.2, 0.25) is 0 Å². The van der Waals surface area contributed by atoms with Crippen LogP contribution in [0.25, 0.3) is 0 Å². The lowest BCUT2D eigenvalue weighted by Gasteiger charge is -2.10. The number of amides is 1. The number of carbonyl (C=O) groups excluding carboxylic acids is 1. The van der Waals surface area contributed by atoms with Gasteiger partial charge in [-0.3, -0.25) is 9.52 Å². The number of rotatable bonds is 5. The summed E-state index contributed by atoms with van der Waals surface area (Å²) in [6.07, 6.45) is 0. The number of hydrogen-bond donors (Lipinski definition) is 2. The first-order valence-corrected chi connectivity index (χ1v) is 10.3. The van der Waals surface area contributed by atoms with Crippen molar-refractivity contribution in [2.24, 2.45) is 0 Å². The lowest BCUT2D eigenvalue weighted by atomic mass is 10.1. The Morgan fingerprint density at radius 1 is 1.00 bits per heavy atom. The molecule has 0 saturated heterocycles. The highest BCUT2D eigenvalue weighted by Gasteiger charge is 2.15. The van der Waals surface area contributed by atoms with Crippen molar-refractivity contribution >= 4 is 38.6 Å². The van der Waals surface area contributed by atoms with Crippen LogP contribution in [0.15, 0.2) is 64.2 Å². The summed E-state index contributed by atoms with van der Waals surface area (Å²) in [6, 6.07) is 15.4. The van der Waals surface area contributed by atoms with E-state index in [0.717, 1.165) is 28.2 Å². The van der Waals surface area contributed by atoms with Gasteiger partial charge in [-0.25, -0.2) is 8.42 Å². The third kappa shape index (κ3) is 4.12. The van der Waals surface area contributed by atoms with Gasteiger partial charge in [0.05, 0.1) is 0 Å². The summed E-state index contributed by atoms with van der Waals surface area (Å²) >= 11 is 1.15. The zero-order valence-electron chi connectivity index (χ0n) is 14.3. The number of benzene rings is 2. The summed E-state index contributed by atoms with van der Waals surface area (Å²) in [5, 5.41) is 4.59. The molecular weight excluding hydrogens is 368 g/mol. The zero-order chi connectivity index (χ0) is 18.7. The molecule has 0 aliphatic carbocycles. The fraction of sp³-hybridized carbons (Fsp3) is 0.105. The number of aryl methyl sites for hydroxylation is 2. The van der Waals surface area contributed by atoms with Gasteiger partial charge in [-0.05, 0) is 66.8 Å². The third-order valence-corrected chi connectivity index (χ3v) is 6.58. The fourth-order valence-electron chi connectivity index (χ4n) is 2.38. The van der Waals surface area contributed by atoms with Crippen LogP contribution in [0.5, 0.6) is 0 Å². The molecule has 0 fully saturated rings. The van der Waals surface area contributed by atoms with E-state index in [4.69, 9.17) is 0 Å². The molecule has 1 aromatic heterocycles. The molecule has 0 saturated carbocycles. The minimum absolute atomic E-state index is 0.244. The number of thiophene rings is 1. The molecule has 0 atom stereocenters. The Balaban J connectivity index is 1.73. The lowest BCUT2D eigenvalue weighted by molar-refractivity contribution is 0.102. The number of sulfonamides is 1. The minimum Gasteiger partial charge on any atom is -0.322 e. The van der Waals surface area contributed by atoms with Crippen molar-refractivity contribution in [3.05, 3.63) is 76.7 Å². The maximum Gasteiger partial charge on any atom is 0.271 e. The molecule has 3 rings (SSSR count). The van der Waals surface area contributed by atoms with Gasteiger partial charge in [0.1, 0.15) is 4.21 Å². The van der Waals surface area contributed by atoms with Crippen molar-refractivity contribution in [2.45, 2.75) is 18.1 Å². The molecule has 0 bridgehead atoms. The topological polar surface area (TPSA) is 75.3 Å². The summed E-state index contributed by atoms with van der Waals surface area (Å²) in [7, 11) is -3.59. The molecule has 0 aliphatic rings. The van der Waals surface area contributed by atoms with E-state index in [2.05, 4.69) is 10.0 Å². The number of hydrogen-bond acceptors (Lipinski definition) is 4. The van der Waals surface area contributed by atoms with E-state index in [1.54, 1.807) is 41.8 Å². The number of nitrogens with one attached hydrogen (secondary N) is 2. The summed E-state index contributed by atoms with van der Waals surface area (Å²) in [5.74, 6) is -0.244. The van der Waals surface area contributed by atoms with Gasteiger partial charge in [-0.15, -0.1) is 11.3 Å². The first-order chi connectivity index (χ1) is 12.3. The van der Waals surface area contributed by atoms with Crippen LogP contribution in [0.1, 0.15) is 21.5 Å². The second kappa shape index (κ2) is 7.31. The van der Waals surface area contributed by atoms with E-state index in [9.17, 15) is 13.2 Å². The molecule has 0 radical (unpaired) electrons. The van der Waals surface area contributed by atoms with Crippen LogP contribution >= 0.6 is 11.3 Å². The van der Waals surface area contributed by atoms with Gasteiger partial charge in [0.15, 0.2) is 0 Å². The summed E-state index contributed by atoms with van der Waals surface area (Å²) in [6.45, 7) is 3.89. The highest BCUT2D eigenvalue weighted by molar-refractivity contribution is 7.94. The maximum absolute atomic E-state index is 12.4. The van der Waals surface area contributed by atoms with Crippen molar-refractivity contribution in [3.8, 4) is 0 Å². The molecule has 134 valence electrons. The van der Waals surface area contributed by atoms with Crippen LogP contribution in [-0.4, -0.2) is 14.3 Å². The molecule has 5 nitrogen and oxygen atoms in total. The van der Waals surface area contributed by atoms with Crippen molar-refractivity contribution in [1.82, 2.24) is 0 Å². The van der Waals surface area contributed by atoms with E-state index in [1.165, 1.54) is 0 Å². The highest BCUT2D eigenvalue weighted by Crippen LogP contribution is 2.21. The molecule has 7 heteroatoms. The largest absolute Gasteiger partial charge is 0.322 e. The fourth-order valence-corrected chi connectivity index (χ4v) is 4.43. The lowest BCUT2D eigenvalue weighted by Crippen LogP contribution is -2.14. The maximum atomic E-state index is 12.4. The molecule has 0 spiro atoms. The van der Waals surface area contributed by atoms with E-state index in [1.807, 2.05) is 32.0 Å². The van der Waals surface area contributed by atoms with E-state index in [0.29, 0.717) is 11.3 Å². The van der Waals surface area contributed by atoms with E-state index < -0.39 is 10.0 Å². The van der Waals surface area contributed by atoms with Gasteiger partial charge >= 0.3 is 0 Å². The van der Waals surface area contributed by atoms with Crippen LogP contribution in [0.2, 0.25) is 0 Å². The first-order valence-electron chi connectivity index (χ1n) is 7.90. The number of anilines is 2. The molecule has 0 aliphatic heterocycles. The minimum atomic E-state index is -3.59. The molecular formula is C19H18N2O3S2. The van der Waals surface area contributed by atoms with Gasteiger partial charge in [-0.2, -0.15) is 0 Å². The standard InChI is InChI=1S/C19H18N2O3S2/c1-13-5-6-14(2)17(12-13)20-19(22)15-7-9-16(10-8-15)21-26(23,24)18-4-3-11-25-18/h3-12,21H,1-2H3,(H,20,22). The van der Waals surface area contributed by atoms with Crippen LogP contribution in [0, 0.1) is 13.8 Å². The SMILES string of the molecule is Cc1ccc(C)c(NC(=O)c2ccc(NS(=O)(=O)c3cccs3)cc2)c1. The van der Waals surface area contributed by atoms with Crippen LogP contribution < -0.4 is 10.0 Å². The number of carbonyl (C=O) groups is 1. The molecule has 2 N–H and O–H groups in total. The van der Waals surface area contributed by atoms with Gasteiger partial charge in [0.25, 0.3) is 15.9 Å². The summed E-state index contributed by atoms with van der Waals surface area (Å²) in [5.41, 5.74) is 3.65. The normalized spacial score (nSPS) is 11.2. The van der Waals surface area contributed by atoms with Crippen molar-refractivity contribution in [1.29, 1.82) is 0 Å². The average Bonchev–Trinajstić information content (AvgIpc) is 3.14. The van der Waals surface area contributed by atoms with Gasteiger partial charge in [0, 0.05) is 16.9 Å². The summed E-state index contributed by atoms with van der Waals surface area (Å²) < 4.78 is 27.2. The van der Waals surface area contributed by atoms with Gasteiger partial charge < -0.3 is 5.32 Å². The van der Waals surface area contributed by atoms with Crippen molar-refractivity contribution in [3.63, 3.8) is 0 Å². The van der Waals surface area contributed by atoms with Crippen LogP contribution in [-0.2, 0) is 10.0 Å². The van der Waals surface area contributed by atoms with Crippen molar-refractivity contribution in [2.75, 3.05) is 10.0 Å². The molecule has 1 amide bonds. The molecule has 0 unspecified atom stereocenters. The molecule has 1 heterocycles. The second-order valence-electron chi connectivity index (χ2n) is 5.89. The van der Waals surface area contributed by atoms with Crippen LogP contribution in [0.3, 0.4) is 0 Å². The second-order valence-corrected chi connectivity index (χ2v) is 8.74. The molecule has 26 heavy (non-hydrogen) atoms. The Morgan fingerprint density at radius 3 is 2.38 bits per heavy atom. The third-order valence-electron chi connectivity index (χ3n) is 3.80. The summed E-state index contributed by atoms with van der Waals surface area (Å²) in [4.78, 5) is 12.4. The Kier molecular flexibility index (Phi) is 5.11. The Bertz CT molecular complexity index is 1030. The Hall–Kier alpha value is -2.64. The van der Waals surface area contributed by atoms with Crippen LogP contribution in [0.4, 0.5) is 11.4 Å². The first kappa shape index (κ1) is 18.2. The Labute approximate surface area is 156 Å². The molecule has 3 aromatic rings. The average molecular weight is 386 g/mol. The zero-order valence-corrected chi connectivity index (χ0v) is 15.9. The quantitative estimate of drug-likeness (QED) is 0.682. The van der Waals surface area contributed by atoms with Crippen molar-refractivity contribution < 1.29 is 13.2 Å². The molecule has 2 aromatic carbocycles. The monoisotopic (exact) mass is 386 g/mol. The Morgan fingerprint density at radius 2 is 1.73 bits per heavy atom. The van der Waals surface area contributed by atoms with E-state index >= 15 is 0 Å². The predicted octanol–water partition coefficient (Wildman–Crippen LogP) is 4.42. The van der Waals surface area contributed by atoms with Gasteiger partial charge in [-0.1, -0.05) is 18.2 Å². The predicted molar refractivity (Wildman–Crippen MR) is 105 cm³/mol. The van der Waals surface area contributed by atoms with E-state index in [-0.39, 0.29) is 10.1 Å². The smallest absolute Gasteiger partial charge is 0.271 e.